The Labute approximate surface area is 160 Å². The molecule has 1 aliphatic heterocycles. The van der Waals surface area contributed by atoms with Crippen molar-refractivity contribution in [2.45, 2.75) is 5.92 Å². The van der Waals surface area contributed by atoms with Crippen molar-refractivity contribution < 1.29 is 14.1 Å². The Bertz CT molecular complexity index is 969. The summed E-state index contributed by atoms with van der Waals surface area (Å²) in [6.45, 7) is 1.03. The Kier molecular flexibility index (Phi) is 4.68. The zero-order valence-electron chi connectivity index (χ0n) is 14.6. The highest BCUT2D eigenvalue weighted by Crippen LogP contribution is 2.31. The third kappa shape index (κ3) is 3.59. The number of nitrogens with one attached hydrogen (secondary N) is 1. The first-order valence-corrected chi connectivity index (χ1v) is 8.80. The second kappa shape index (κ2) is 7.28. The number of amides is 2. The number of carbonyl (C=O) groups is 1. The van der Waals surface area contributed by atoms with Gasteiger partial charge in [0.25, 0.3) is 0 Å². The van der Waals surface area contributed by atoms with Crippen molar-refractivity contribution in [3.8, 4) is 17.1 Å². The van der Waals surface area contributed by atoms with E-state index in [2.05, 4.69) is 15.5 Å². The molecule has 1 aliphatic rings. The minimum atomic E-state index is -0.182. The first-order chi connectivity index (χ1) is 13.1. The fourth-order valence-electron chi connectivity index (χ4n) is 2.91. The largest absolute Gasteiger partial charge is 0.496 e. The van der Waals surface area contributed by atoms with Crippen LogP contribution in [0.2, 0.25) is 5.02 Å². The third-order valence-electron chi connectivity index (χ3n) is 4.38. The minimum absolute atomic E-state index is 0.0195. The van der Waals surface area contributed by atoms with Crippen molar-refractivity contribution in [3.63, 3.8) is 0 Å². The number of hydrogen-bond donors (Lipinski definition) is 1. The second-order valence-corrected chi connectivity index (χ2v) is 6.64. The highest BCUT2D eigenvalue weighted by Gasteiger charge is 2.36. The zero-order valence-corrected chi connectivity index (χ0v) is 15.3. The molecule has 3 aromatic rings. The van der Waals surface area contributed by atoms with E-state index in [1.807, 2.05) is 24.3 Å². The number of likely N-dealkylation sites (tertiary alicyclic amines) is 1. The molecular formula is C19H17ClN4O3. The number of methoxy groups -OCH3 is 1. The highest BCUT2D eigenvalue weighted by atomic mass is 35.5. The standard InChI is InChI=1S/C19H17ClN4O3/c1-26-16-8-3-2-7-15(16)17-22-18(27-23-17)12-10-24(11-12)19(25)21-14-6-4-5-13(20)9-14/h2-9,12H,10-11H2,1H3,(H,21,25). The molecule has 7 nitrogen and oxygen atoms in total. The number of rotatable bonds is 4. The zero-order chi connectivity index (χ0) is 18.8. The molecule has 1 saturated heterocycles. The SMILES string of the molecule is COc1ccccc1-c1noc(C2CN(C(=O)Nc3cccc(Cl)c3)C2)n1. The number of anilines is 1. The van der Waals surface area contributed by atoms with Gasteiger partial charge in [-0.3, -0.25) is 0 Å². The van der Waals surface area contributed by atoms with Gasteiger partial charge in [0, 0.05) is 23.8 Å². The molecule has 0 radical (unpaired) electrons. The average molecular weight is 385 g/mol. The summed E-state index contributed by atoms with van der Waals surface area (Å²) in [5.74, 6) is 1.69. The van der Waals surface area contributed by atoms with Gasteiger partial charge in [-0.1, -0.05) is 35.0 Å². The first kappa shape index (κ1) is 17.4. The van der Waals surface area contributed by atoms with Gasteiger partial charge in [0.2, 0.25) is 11.7 Å². The molecule has 0 saturated carbocycles. The van der Waals surface area contributed by atoms with Gasteiger partial charge in [0.1, 0.15) is 5.75 Å². The first-order valence-electron chi connectivity index (χ1n) is 8.42. The Morgan fingerprint density at radius 3 is 2.85 bits per heavy atom. The van der Waals surface area contributed by atoms with Crippen LogP contribution >= 0.6 is 11.6 Å². The predicted molar refractivity (Wildman–Crippen MR) is 101 cm³/mol. The van der Waals surface area contributed by atoms with Crippen LogP contribution in [0, 0.1) is 0 Å². The highest BCUT2D eigenvalue weighted by molar-refractivity contribution is 6.30. The number of para-hydroxylation sites is 1. The van der Waals surface area contributed by atoms with Gasteiger partial charge in [-0.2, -0.15) is 4.98 Å². The van der Waals surface area contributed by atoms with Crippen LogP contribution in [-0.2, 0) is 0 Å². The molecule has 27 heavy (non-hydrogen) atoms. The van der Waals surface area contributed by atoms with Crippen LogP contribution in [-0.4, -0.2) is 41.3 Å². The number of nitrogens with zero attached hydrogens (tertiary/aromatic N) is 3. The van der Waals surface area contributed by atoms with Crippen molar-refractivity contribution in [3.05, 3.63) is 59.4 Å². The van der Waals surface area contributed by atoms with E-state index in [-0.39, 0.29) is 11.9 Å². The molecule has 2 heterocycles. The summed E-state index contributed by atoms with van der Waals surface area (Å²) in [4.78, 5) is 18.4. The summed E-state index contributed by atoms with van der Waals surface area (Å²) in [6.07, 6.45) is 0. The molecule has 0 aliphatic carbocycles. The molecule has 138 valence electrons. The molecule has 0 bridgehead atoms. The number of hydrogen-bond acceptors (Lipinski definition) is 5. The number of aromatic nitrogens is 2. The van der Waals surface area contributed by atoms with Crippen LogP contribution in [0.25, 0.3) is 11.4 Å². The quantitative estimate of drug-likeness (QED) is 0.734. The minimum Gasteiger partial charge on any atom is -0.496 e. The number of benzene rings is 2. The summed E-state index contributed by atoms with van der Waals surface area (Å²) < 4.78 is 10.7. The van der Waals surface area contributed by atoms with Crippen LogP contribution in [0.3, 0.4) is 0 Å². The molecule has 0 spiro atoms. The van der Waals surface area contributed by atoms with E-state index in [9.17, 15) is 4.79 Å². The molecule has 1 aromatic heterocycles. The van der Waals surface area contributed by atoms with Gasteiger partial charge in [0.05, 0.1) is 18.6 Å². The molecular weight excluding hydrogens is 368 g/mol. The van der Waals surface area contributed by atoms with Gasteiger partial charge in [-0.25, -0.2) is 4.79 Å². The molecule has 8 heteroatoms. The van der Waals surface area contributed by atoms with Gasteiger partial charge in [0.15, 0.2) is 0 Å². The van der Waals surface area contributed by atoms with Crippen molar-refractivity contribution in [1.82, 2.24) is 15.0 Å². The fourth-order valence-corrected chi connectivity index (χ4v) is 3.10. The van der Waals surface area contributed by atoms with Crippen molar-refractivity contribution >= 4 is 23.3 Å². The van der Waals surface area contributed by atoms with Gasteiger partial charge in [-0.15, -0.1) is 0 Å². The van der Waals surface area contributed by atoms with E-state index in [0.717, 1.165) is 5.56 Å². The monoisotopic (exact) mass is 384 g/mol. The molecule has 2 amide bonds. The lowest BCUT2D eigenvalue weighted by molar-refractivity contribution is 0.147. The molecule has 1 N–H and O–H groups in total. The van der Waals surface area contributed by atoms with E-state index in [1.54, 1.807) is 36.3 Å². The van der Waals surface area contributed by atoms with Crippen LogP contribution in [0.1, 0.15) is 11.8 Å². The lowest BCUT2D eigenvalue weighted by Crippen LogP contribution is -2.50. The molecule has 2 aromatic carbocycles. The number of urea groups is 1. The lowest BCUT2D eigenvalue weighted by atomic mass is 10.0. The second-order valence-electron chi connectivity index (χ2n) is 6.20. The molecule has 0 unspecified atom stereocenters. The maximum absolute atomic E-state index is 12.3. The van der Waals surface area contributed by atoms with Crippen LogP contribution in [0.15, 0.2) is 53.1 Å². The van der Waals surface area contributed by atoms with Crippen molar-refractivity contribution in [2.24, 2.45) is 0 Å². The topological polar surface area (TPSA) is 80.5 Å². The lowest BCUT2D eigenvalue weighted by Gasteiger charge is -2.36. The van der Waals surface area contributed by atoms with E-state index in [1.165, 1.54) is 0 Å². The summed E-state index contributed by atoms with van der Waals surface area (Å²) in [5, 5.41) is 7.44. The van der Waals surface area contributed by atoms with Crippen molar-refractivity contribution in [2.75, 3.05) is 25.5 Å². The fraction of sp³-hybridized carbons (Fsp3) is 0.211. The Morgan fingerprint density at radius 2 is 2.07 bits per heavy atom. The Morgan fingerprint density at radius 1 is 1.26 bits per heavy atom. The maximum atomic E-state index is 12.3. The summed E-state index contributed by atoms with van der Waals surface area (Å²) in [6, 6.07) is 14.3. The van der Waals surface area contributed by atoms with Gasteiger partial charge < -0.3 is 19.5 Å². The Balaban J connectivity index is 1.39. The third-order valence-corrected chi connectivity index (χ3v) is 4.62. The van der Waals surface area contributed by atoms with Crippen LogP contribution < -0.4 is 10.1 Å². The maximum Gasteiger partial charge on any atom is 0.321 e. The summed E-state index contributed by atoms with van der Waals surface area (Å²) >= 11 is 5.93. The number of ether oxygens (including phenoxy) is 1. The normalized spacial score (nSPS) is 13.9. The average Bonchev–Trinajstić information content (AvgIpc) is 3.10. The van der Waals surface area contributed by atoms with Gasteiger partial charge >= 0.3 is 6.03 Å². The smallest absolute Gasteiger partial charge is 0.321 e. The van der Waals surface area contributed by atoms with Crippen molar-refractivity contribution in [1.29, 1.82) is 0 Å². The van der Waals surface area contributed by atoms with Crippen LogP contribution in [0.4, 0.5) is 10.5 Å². The predicted octanol–water partition coefficient (Wildman–Crippen LogP) is 4.03. The van der Waals surface area contributed by atoms with E-state index in [4.69, 9.17) is 20.9 Å². The number of halogens is 1. The van der Waals surface area contributed by atoms with E-state index in [0.29, 0.717) is 41.3 Å². The Hall–Kier alpha value is -3.06. The summed E-state index contributed by atoms with van der Waals surface area (Å²) in [7, 11) is 1.60. The van der Waals surface area contributed by atoms with Gasteiger partial charge in [-0.05, 0) is 30.3 Å². The van der Waals surface area contributed by atoms with Crippen LogP contribution in [0.5, 0.6) is 5.75 Å². The van der Waals surface area contributed by atoms with E-state index >= 15 is 0 Å². The summed E-state index contributed by atoms with van der Waals surface area (Å²) in [5.41, 5.74) is 1.43. The molecule has 4 rings (SSSR count). The molecule has 0 atom stereocenters. The van der Waals surface area contributed by atoms with E-state index < -0.39 is 0 Å². The number of carbonyl (C=O) groups excluding carboxylic acids is 1. The molecule has 1 fully saturated rings.